The van der Waals surface area contributed by atoms with Gasteiger partial charge >= 0.3 is 5.97 Å². The van der Waals surface area contributed by atoms with Crippen molar-refractivity contribution >= 4 is 23.2 Å². The van der Waals surface area contributed by atoms with Gasteiger partial charge in [0, 0.05) is 49.9 Å². The number of aliphatic carboxylic acids is 1. The van der Waals surface area contributed by atoms with Gasteiger partial charge < -0.3 is 10.0 Å². The fourth-order valence-electron chi connectivity index (χ4n) is 4.22. The van der Waals surface area contributed by atoms with Crippen molar-refractivity contribution in [3.05, 3.63) is 16.6 Å². The Morgan fingerprint density at radius 1 is 1.35 bits per heavy atom. The Kier molecular flexibility index (Phi) is 3.65. The molecule has 4 rings (SSSR count). The summed E-state index contributed by atoms with van der Waals surface area (Å²) >= 11 is 1.56. The van der Waals surface area contributed by atoms with Crippen LogP contribution in [0.2, 0.25) is 0 Å². The average Bonchev–Trinajstić information content (AvgIpc) is 3.10. The van der Waals surface area contributed by atoms with E-state index in [0.29, 0.717) is 26.2 Å². The molecular weight excluding hydrogens is 314 g/mol. The molecule has 124 valence electrons. The zero-order valence-electron chi connectivity index (χ0n) is 13.0. The molecule has 1 aromatic rings. The largest absolute Gasteiger partial charge is 0.481 e. The minimum Gasteiger partial charge on any atom is -0.481 e. The highest BCUT2D eigenvalue weighted by Crippen LogP contribution is 2.44. The molecule has 0 spiro atoms. The van der Waals surface area contributed by atoms with Crippen molar-refractivity contribution in [3.63, 3.8) is 0 Å². The van der Waals surface area contributed by atoms with Crippen LogP contribution >= 0.6 is 11.3 Å². The van der Waals surface area contributed by atoms with E-state index in [2.05, 4.69) is 9.88 Å². The number of thiazole rings is 1. The first-order chi connectivity index (χ1) is 11.1. The molecule has 0 unspecified atom stereocenters. The predicted molar refractivity (Wildman–Crippen MR) is 84.9 cm³/mol. The number of fused-ring (bicyclic) bond motifs is 1. The topological polar surface area (TPSA) is 73.7 Å². The van der Waals surface area contributed by atoms with Crippen molar-refractivity contribution in [1.82, 2.24) is 14.8 Å². The smallest absolute Gasteiger partial charge is 0.313 e. The van der Waals surface area contributed by atoms with Crippen LogP contribution in [0, 0.1) is 17.3 Å². The van der Waals surface area contributed by atoms with Gasteiger partial charge in [-0.05, 0) is 12.8 Å². The van der Waals surface area contributed by atoms with Gasteiger partial charge in [0.25, 0.3) is 0 Å². The quantitative estimate of drug-likeness (QED) is 0.897. The van der Waals surface area contributed by atoms with Crippen molar-refractivity contribution in [2.45, 2.75) is 25.8 Å². The first-order valence-electron chi connectivity index (χ1n) is 8.20. The van der Waals surface area contributed by atoms with Crippen LogP contribution in [0.3, 0.4) is 0 Å². The lowest BCUT2D eigenvalue weighted by atomic mass is 9.81. The molecule has 23 heavy (non-hydrogen) atoms. The third-order valence-corrected chi connectivity index (χ3v) is 6.38. The van der Waals surface area contributed by atoms with Gasteiger partial charge in [-0.15, -0.1) is 11.3 Å². The van der Waals surface area contributed by atoms with Crippen LogP contribution in [-0.2, 0) is 16.1 Å². The number of carbonyl (C=O) groups excluding carboxylic acids is 1. The average molecular weight is 335 g/mol. The number of carboxylic acid groups (broad SMARTS) is 1. The van der Waals surface area contributed by atoms with E-state index in [1.54, 1.807) is 16.8 Å². The van der Waals surface area contributed by atoms with Crippen LogP contribution in [0.15, 0.2) is 10.9 Å². The van der Waals surface area contributed by atoms with Crippen LogP contribution in [0.25, 0.3) is 0 Å². The van der Waals surface area contributed by atoms with Gasteiger partial charge in [-0.1, -0.05) is 6.42 Å². The van der Waals surface area contributed by atoms with Crippen LogP contribution in [0.1, 0.15) is 25.0 Å². The third kappa shape index (κ3) is 2.46. The minimum atomic E-state index is -0.796. The molecule has 3 fully saturated rings. The maximum absolute atomic E-state index is 12.5. The molecule has 0 bridgehead atoms. The fraction of sp³-hybridized carbons (Fsp3) is 0.688. The predicted octanol–water partition coefficient (Wildman–Crippen LogP) is 1.29. The van der Waals surface area contributed by atoms with Gasteiger partial charge in [-0.25, -0.2) is 4.98 Å². The number of amides is 1. The zero-order valence-corrected chi connectivity index (χ0v) is 13.8. The van der Waals surface area contributed by atoms with Crippen molar-refractivity contribution < 1.29 is 14.7 Å². The second-order valence-electron chi connectivity index (χ2n) is 7.15. The Morgan fingerprint density at radius 3 is 2.74 bits per heavy atom. The number of carboxylic acids is 1. The lowest BCUT2D eigenvalue weighted by Gasteiger charge is -2.31. The SMILES string of the molecule is O=C(C1CCC1)N1C[C@H]2CN(Cc3cscn3)C[C@@]2(C(=O)O)C1. The Bertz CT molecular complexity index is 616. The van der Waals surface area contributed by atoms with Crippen LogP contribution in [0.5, 0.6) is 0 Å². The molecule has 6 nitrogen and oxygen atoms in total. The molecule has 1 saturated carbocycles. The molecule has 0 radical (unpaired) electrons. The van der Waals surface area contributed by atoms with Crippen LogP contribution < -0.4 is 0 Å². The molecule has 7 heteroatoms. The second kappa shape index (κ2) is 5.56. The van der Waals surface area contributed by atoms with Crippen molar-refractivity contribution in [2.75, 3.05) is 26.2 Å². The maximum atomic E-state index is 12.5. The molecular formula is C16H21N3O3S. The number of hydrogen-bond donors (Lipinski definition) is 1. The lowest BCUT2D eigenvalue weighted by Crippen LogP contribution is -2.44. The van der Waals surface area contributed by atoms with Gasteiger partial charge in [0.1, 0.15) is 5.41 Å². The van der Waals surface area contributed by atoms with Gasteiger partial charge in [0.05, 0.1) is 11.2 Å². The lowest BCUT2D eigenvalue weighted by molar-refractivity contribution is -0.149. The highest BCUT2D eigenvalue weighted by Gasteiger charge is 2.58. The van der Waals surface area contributed by atoms with Gasteiger partial charge in [0.15, 0.2) is 0 Å². The normalized spacial score (nSPS) is 31.1. The Balaban J connectivity index is 1.47. The number of carbonyl (C=O) groups is 2. The van der Waals surface area contributed by atoms with E-state index in [1.807, 2.05) is 10.3 Å². The highest BCUT2D eigenvalue weighted by molar-refractivity contribution is 7.07. The second-order valence-corrected chi connectivity index (χ2v) is 7.87. The zero-order chi connectivity index (χ0) is 16.0. The van der Waals surface area contributed by atoms with E-state index in [9.17, 15) is 14.7 Å². The molecule has 2 aliphatic heterocycles. The van der Waals surface area contributed by atoms with Gasteiger partial charge in [-0.3, -0.25) is 14.5 Å². The first kappa shape index (κ1) is 15.1. The molecule has 0 aromatic carbocycles. The molecule has 2 saturated heterocycles. The summed E-state index contributed by atoms with van der Waals surface area (Å²) in [6.45, 7) is 2.91. The summed E-state index contributed by atoms with van der Waals surface area (Å²) < 4.78 is 0. The summed E-state index contributed by atoms with van der Waals surface area (Å²) in [6.07, 6.45) is 3.06. The van der Waals surface area contributed by atoms with Crippen molar-refractivity contribution in [1.29, 1.82) is 0 Å². The van der Waals surface area contributed by atoms with Crippen molar-refractivity contribution in [3.8, 4) is 0 Å². The van der Waals surface area contributed by atoms with E-state index in [-0.39, 0.29) is 17.7 Å². The van der Waals surface area contributed by atoms with E-state index >= 15 is 0 Å². The molecule has 1 amide bonds. The number of rotatable bonds is 4. The molecule has 1 aromatic heterocycles. The Morgan fingerprint density at radius 2 is 2.17 bits per heavy atom. The monoisotopic (exact) mass is 335 g/mol. The molecule has 2 atom stereocenters. The summed E-state index contributed by atoms with van der Waals surface area (Å²) in [7, 11) is 0. The van der Waals surface area contributed by atoms with E-state index < -0.39 is 11.4 Å². The van der Waals surface area contributed by atoms with E-state index in [0.717, 1.165) is 31.5 Å². The molecule has 1 aliphatic carbocycles. The third-order valence-electron chi connectivity index (χ3n) is 5.74. The van der Waals surface area contributed by atoms with Gasteiger partial charge in [-0.2, -0.15) is 0 Å². The fourth-order valence-corrected chi connectivity index (χ4v) is 4.77. The van der Waals surface area contributed by atoms with Crippen LogP contribution in [0.4, 0.5) is 0 Å². The summed E-state index contributed by atoms with van der Waals surface area (Å²) in [5.74, 6) is -0.405. The van der Waals surface area contributed by atoms with E-state index in [4.69, 9.17) is 0 Å². The standard InChI is InChI=1S/C16H21N3O3S/c20-14(11-2-1-3-11)19-5-12-4-18(6-13-7-23-10-17-13)8-16(12,9-19)15(21)22/h7,10-12H,1-6,8-9H2,(H,21,22)/t12-,16-/m1/s1. The number of hydrogen-bond acceptors (Lipinski definition) is 5. The number of likely N-dealkylation sites (tertiary alicyclic amines) is 2. The van der Waals surface area contributed by atoms with Gasteiger partial charge in [0.2, 0.25) is 5.91 Å². The summed E-state index contributed by atoms with van der Waals surface area (Å²) in [5, 5.41) is 11.9. The Hall–Kier alpha value is -1.47. The summed E-state index contributed by atoms with van der Waals surface area (Å²) in [5.41, 5.74) is 2.01. The van der Waals surface area contributed by atoms with Crippen molar-refractivity contribution in [2.24, 2.45) is 17.3 Å². The molecule has 1 N–H and O–H groups in total. The summed E-state index contributed by atoms with van der Waals surface area (Å²) in [6, 6.07) is 0. The number of nitrogens with zero attached hydrogens (tertiary/aromatic N) is 3. The summed E-state index contributed by atoms with van der Waals surface area (Å²) in [4.78, 5) is 32.8. The number of aromatic nitrogens is 1. The minimum absolute atomic E-state index is 0.0302. The van der Waals surface area contributed by atoms with Crippen LogP contribution in [-0.4, -0.2) is 57.9 Å². The highest BCUT2D eigenvalue weighted by atomic mass is 32.1. The maximum Gasteiger partial charge on any atom is 0.313 e. The Labute approximate surface area is 139 Å². The molecule has 3 heterocycles. The molecule has 3 aliphatic rings. The first-order valence-corrected chi connectivity index (χ1v) is 9.14. The van der Waals surface area contributed by atoms with E-state index in [1.165, 1.54) is 0 Å².